The predicted molar refractivity (Wildman–Crippen MR) is 132 cm³/mol. The molecule has 3 rings (SSSR count). The highest BCUT2D eigenvalue weighted by Gasteiger charge is 2.48. The first-order valence-corrected chi connectivity index (χ1v) is 11.9. The van der Waals surface area contributed by atoms with Crippen LogP contribution in [-0.2, 0) is 6.42 Å². The van der Waals surface area contributed by atoms with Gasteiger partial charge in [0.05, 0.1) is 5.54 Å². The van der Waals surface area contributed by atoms with Gasteiger partial charge in [-0.15, -0.1) is 0 Å². The number of piperidine rings is 1. The number of likely N-dealkylation sites (tertiary alicyclic amines) is 1. The highest BCUT2D eigenvalue weighted by Crippen LogP contribution is 2.52. The van der Waals surface area contributed by atoms with Crippen molar-refractivity contribution in [3.05, 3.63) is 64.4 Å². The molecular formula is C28H42N2. The molecule has 0 unspecified atom stereocenters. The number of likely N-dealkylation sites (N-methyl/N-ethyl adjacent to an activating group) is 1. The zero-order valence-electron chi connectivity index (χ0n) is 20.3. The Labute approximate surface area is 185 Å². The third kappa shape index (κ3) is 3.91. The average Bonchev–Trinajstić information content (AvgIpc) is 2.90. The molecule has 2 heterocycles. The molecule has 1 saturated heterocycles. The van der Waals surface area contributed by atoms with E-state index in [0.717, 1.165) is 25.8 Å². The summed E-state index contributed by atoms with van der Waals surface area (Å²) in [5.74, 6) is 0. The summed E-state index contributed by atoms with van der Waals surface area (Å²) in [5.41, 5.74) is 11.3. The van der Waals surface area contributed by atoms with Crippen molar-refractivity contribution in [1.82, 2.24) is 9.80 Å². The Morgan fingerprint density at radius 3 is 2.33 bits per heavy atom. The summed E-state index contributed by atoms with van der Waals surface area (Å²) in [5, 5.41) is 0. The fourth-order valence-electron chi connectivity index (χ4n) is 5.84. The Bertz CT molecular complexity index is 850. The summed E-state index contributed by atoms with van der Waals surface area (Å²) in [6.07, 6.45) is 6.70. The molecule has 164 valence electrons. The third-order valence-electron chi connectivity index (χ3n) is 7.55. The monoisotopic (exact) mass is 406 g/mol. The number of aryl methyl sites for hydroxylation is 3. The van der Waals surface area contributed by atoms with Crippen molar-refractivity contribution in [1.29, 1.82) is 0 Å². The van der Waals surface area contributed by atoms with Gasteiger partial charge in [0.25, 0.3) is 0 Å². The van der Waals surface area contributed by atoms with E-state index in [2.05, 4.69) is 76.8 Å². The minimum absolute atomic E-state index is 0.0944. The Hall–Kier alpha value is -1.80. The molecule has 1 spiro atoms. The molecule has 2 aliphatic rings. The van der Waals surface area contributed by atoms with Crippen LogP contribution in [0.3, 0.4) is 0 Å². The lowest BCUT2D eigenvalue weighted by Crippen LogP contribution is -2.52. The second kappa shape index (κ2) is 9.14. The van der Waals surface area contributed by atoms with E-state index in [-0.39, 0.29) is 5.54 Å². The molecule has 2 heteroatoms. The lowest BCUT2D eigenvalue weighted by molar-refractivity contribution is 0.103. The van der Waals surface area contributed by atoms with Gasteiger partial charge in [-0.1, -0.05) is 63.6 Å². The van der Waals surface area contributed by atoms with Crippen LogP contribution in [0.4, 0.5) is 0 Å². The minimum Gasteiger partial charge on any atom is -0.365 e. The topological polar surface area (TPSA) is 6.48 Å². The molecule has 0 atom stereocenters. The fourth-order valence-corrected chi connectivity index (χ4v) is 5.84. The van der Waals surface area contributed by atoms with Gasteiger partial charge in [-0.2, -0.15) is 0 Å². The summed E-state index contributed by atoms with van der Waals surface area (Å²) in [7, 11) is 2.29. The van der Waals surface area contributed by atoms with Crippen molar-refractivity contribution in [3.63, 3.8) is 0 Å². The van der Waals surface area contributed by atoms with Crippen molar-refractivity contribution in [2.24, 2.45) is 0 Å². The van der Waals surface area contributed by atoms with Crippen LogP contribution in [0.5, 0.6) is 0 Å². The second-order valence-corrected chi connectivity index (χ2v) is 9.47. The van der Waals surface area contributed by atoms with Gasteiger partial charge in [-0.05, 0) is 74.8 Å². The van der Waals surface area contributed by atoms with Crippen molar-refractivity contribution < 1.29 is 0 Å². The zero-order valence-corrected chi connectivity index (χ0v) is 20.3. The number of benzene rings is 1. The molecule has 0 aliphatic carbocycles. The molecule has 0 N–H and O–H groups in total. The Balaban J connectivity index is 2.21. The molecular weight excluding hydrogens is 364 g/mol. The summed E-state index contributed by atoms with van der Waals surface area (Å²) in [6.45, 7) is 23.9. The molecule has 0 bridgehead atoms. The predicted octanol–water partition coefficient (Wildman–Crippen LogP) is 6.68. The Kier molecular flexibility index (Phi) is 6.97. The maximum atomic E-state index is 4.65. The van der Waals surface area contributed by atoms with Crippen LogP contribution in [0.25, 0.3) is 5.57 Å². The van der Waals surface area contributed by atoms with E-state index in [9.17, 15) is 0 Å². The van der Waals surface area contributed by atoms with Crippen LogP contribution in [0.15, 0.2) is 42.1 Å². The van der Waals surface area contributed by atoms with Crippen LogP contribution in [0.1, 0.15) is 75.1 Å². The lowest BCUT2D eigenvalue weighted by atomic mass is 9.76. The number of hydrogen-bond donors (Lipinski definition) is 0. The SMILES string of the molecule is C=C(CCC)CC1=C(c2c(C)cc(C)cc2CC)C(=C)N(C)C12CCN(CC)CC2. The fraction of sp³-hybridized carbons (Fsp3) is 0.571. The molecule has 0 radical (unpaired) electrons. The van der Waals surface area contributed by atoms with Gasteiger partial charge in [-0.25, -0.2) is 0 Å². The molecule has 0 aromatic heterocycles. The van der Waals surface area contributed by atoms with E-state index >= 15 is 0 Å². The molecule has 30 heavy (non-hydrogen) atoms. The Morgan fingerprint density at radius 1 is 1.10 bits per heavy atom. The third-order valence-corrected chi connectivity index (χ3v) is 7.55. The van der Waals surface area contributed by atoms with E-state index in [1.807, 2.05) is 0 Å². The highest BCUT2D eigenvalue weighted by molar-refractivity contribution is 5.88. The second-order valence-electron chi connectivity index (χ2n) is 9.47. The first-order valence-electron chi connectivity index (χ1n) is 11.9. The van der Waals surface area contributed by atoms with Crippen LogP contribution in [0, 0.1) is 13.8 Å². The van der Waals surface area contributed by atoms with Crippen LogP contribution in [-0.4, -0.2) is 42.0 Å². The lowest BCUT2D eigenvalue weighted by Gasteiger charge is -2.46. The smallest absolute Gasteiger partial charge is 0.0647 e. The number of rotatable bonds is 7. The van der Waals surface area contributed by atoms with Crippen molar-refractivity contribution in [2.75, 3.05) is 26.7 Å². The van der Waals surface area contributed by atoms with Crippen molar-refractivity contribution >= 4 is 5.57 Å². The zero-order chi connectivity index (χ0) is 22.1. The molecule has 2 aliphatic heterocycles. The van der Waals surface area contributed by atoms with E-state index in [1.165, 1.54) is 71.4 Å². The summed E-state index contributed by atoms with van der Waals surface area (Å²) in [4.78, 5) is 5.12. The first kappa shape index (κ1) is 22.9. The van der Waals surface area contributed by atoms with Gasteiger partial charge in [0.2, 0.25) is 0 Å². The number of nitrogens with zero attached hydrogens (tertiary/aromatic N) is 2. The summed E-state index contributed by atoms with van der Waals surface area (Å²) >= 11 is 0. The maximum absolute atomic E-state index is 4.65. The van der Waals surface area contributed by atoms with Gasteiger partial charge in [0.1, 0.15) is 0 Å². The minimum atomic E-state index is 0.0944. The number of hydrogen-bond acceptors (Lipinski definition) is 2. The molecule has 1 fully saturated rings. The van der Waals surface area contributed by atoms with Gasteiger partial charge in [-0.3, -0.25) is 0 Å². The summed E-state index contributed by atoms with van der Waals surface area (Å²) in [6, 6.07) is 4.73. The van der Waals surface area contributed by atoms with Gasteiger partial charge in [0.15, 0.2) is 0 Å². The maximum Gasteiger partial charge on any atom is 0.0647 e. The van der Waals surface area contributed by atoms with E-state index < -0.39 is 0 Å². The quantitative estimate of drug-likeness (QED) is 0.466. The standard InChI is InChI=1S/C28H42N2/c1-9-12-20(4)19-25-27(26-22(6)17-21(5)18-24(26)10-2)23(7)29(8)28(25)13-15-30(11-3)16-14-28/h17-18H,4,7,9-16,19H2,1-3,5-6,8H3. The van der Waals surface area contributed by atoms with Crippen LogP contribution >= 0.6 is 0 Å². The molecule has 0 amide bonds. The largest absolute Gasteiger partial charge is 0.365 e. The molecule has 1 aromatic carbocycles. The normalized spacial score (nSPS) is 19.3. The van der Waals surface area contributed by atoms with Gasteiger partial charge >= 0.3 is 0 Å². The molecule has 2 nitrogen and oxygen atoms in total. The summed E-state index contributed by atoms with van der Waals surface area (Å²) < 4.78 is 0. The average molecular weight is 407 g/mol. The van der Waals surface area contributed by atoms with E-state index in [4.69, 9.17) is 0 Å². The van der Waals surface area contributed by atoms with Crippen molar-refractivity contribution in [3.8, 4) is 0 Å². The number of allylic oxidation sites excluding steroid dienone is 2. The molecule has 0 saturated carbocycles. The van der Waals surface area contributed by atoms with E-state index in [0.29, 0.717) is 0 Å². The highest BCUT2D eigenvalue weighted by atomic mass is 15.2. The van der Waals surface area contributed by atoms with Gasteiger partial charge in [0, 0.05) is 31.4 Å². The Morgan fingerprint density at radius 2 is 1.77 bits per heavy atom. The van der Waals surface area contributed by atoms with E-state index in [1.54, 1.807) is 5.57 Å². The molecule has 1 aromatic rings. The van der Waals surface area contributed by atoms with Crippen molar-refractivity contribution in [2.45, 2.75) is 78.7 Å². The van der Waals surface area contributed by atoms with Crippen LogP contribution < -0.4 is 0 Å². The first-order chi connectivity index (χ1) is 14.3. The van der Waals surface area contributed by atoms with Gasteiger partial charge < -0.3 is 9.80 Å². The van der Waals surface area contributed by atoms with Crippen LogP contribution in [0.2, 0.25) is 0 Å².